The van der Waals surface area contributed by atoms with Gasteiger partial charge in [0.25, 0.3) is 0 Å². The van der Waals surface area contributed by atoms with Gasteiger partial charge in [0.1, 0.15) is 12.2 Å². The van der Waals surface area contributed by atoms with Gasteiger partial charge in [0, 0.05) is 39.3 Å². The molecule has 0 bridgehead atoms. The third-order valence-corrected chi connectivity index (χ3v) is 12.3. The van der Waals surface area contributed by atoms with E-state index in [4.69, 9.17) is 23.2 Å². The summed E-state index contributed by atoms with van der Waals surface area (Å²) in [7, 11) is 0. The highest BCUT2D eigenvalue weighted by molar-refractivity contribution is 6.31. The van der Waals surface area contributed by atoms with Gasteiger partial charge in [-0.2, -0.15) is 0 Å². The second kappa shape index (κ2) is 19.8. The minimum absolute atomic E-state index is 0.0176. The molecule has 12 nitrogen and oxygen atoms in total. The van der Waals surface area contributed by atoms with E-state index in [1.165, 1.54) is 6.92 Å². The van der Waals surface area contributed by atoms with Gasteiger partial charge in [0.15, 0.2) is 5.78 Å². The van der Waals surface area contributed by atoms with Crippen molar-refractivity contribution in [3.05, 3.63) is 139 Å². The first-order chi connectivity index (χ1) is 27.5. The summed E-state index contributed by atoms with van der Waals surface area (Å²) in [5.41, 5.74) is 5.97. The van der Waals surface area contributed by atoms with E-state index in [0.29, 0.717) is 39.6 Å². The number of halogens is 2. The molecule has 14 heteroatoms. The highest BCUT2D eigenvalue weighted by atomic mass is 35.5. The number of carbonyl (C=O) groups excluding carboxylic acids is 1. The van der Waals surface area contributed by atoms with Crippen LogP contribution in [0.25, 0.3) is 0 Å². The minimum Gasteiger partial charge on any atom is -0.396 e. The smallest absolute Gasteiger partial charge is 0.159 e. The van der Waals surface area contributed by atoms with Crippen molar-refractivity contribution >= 4 is 29.0 Å². The van der Waals surface area contributed by atoms with E-state index in [1.54, 1.807) is 55.5 Å². The molecule has 2 aliphatic carbocycles. The molecule has 2 saturated carbocycles. The van der Waals surface area contributed by atoms with Gasteiger partial charge in [-0.15, -0.1) is 0 Å². The van der Waals surface area contributed by atoms with Gasteiger partial charge < -0.3 is 56.2 Å². The van der Waals surface area contributed by atoms with E-state index in [-0.39, 0.29) is 5.78 Å². The molecule has 0 aliphatic heterocycles. The zero-order valence-corrected chi connectivity index (χ0v) is 33.5. The molecule has 13 atom stereocenters. The van der Waals surface area contributed by atoms with Gasteiger partial charge in [-0.05, 0) is 77.8 Å². The Kier molecular flexibility index (Phi) is 15.7. The van der Waals surface area contributed by atoms with Crippen molar-refractivity contribution in [3.63, 3.8) is 0 Å². The van der Waals surface area contributed by atoms with E-state index in [2.05, 4.69) is 0 Å². The molecule has 0 radical (unpaired) electrons. The topological polar surface area (TPSA) is 240 Å². The Hall–Kier alpha value is -3.31. The Morgan fingerprint density at radius 2 is 0.931 bits per heavy atom. The SMILES string of the molecule is CC(=O)c1ccc(Cc2cc([C@H]3[C@H](O)[C@@H](O)[C@H](O)[C@@H](CO)[C@@H]3O)ccc2Cl)cc1.CC(O)c1ccc(Cc2cc([C@H]3[C@H](O)[C@@H](O)[C@H](O)[C@@H](CO)[C@@H]3O)ccc2Cl)cc1. The first kappa shape index (κ1) is 45.8. The number of carbonyl (C=O) groups is 1. The Labute approximate surface area is 346 Å². The Morgan fingerprint density at radius 3 is 1.28 bits per heavy atom. The Bertz CT molecular complexity index is 1980. The summed E-state index contributed by atoms with van der Waals surface area (Å²) in [6.07, 6.45) is -10.6. The summed E-state index contributed by atoms with van der Waals surface area (Å²) in [6.45, 7) is 2.16. The highest BCUT2D eigenvalue weighted by Crippen LogP contribution is 2.40. The molecule has 0 amide bonds. The van der Waals surface area contributed by atoms with E-state index < -0.39 is 91.8 Å². The van der Waals surface area contributed by atoms with E-state index in [0.717, 1.165) is 27.8 Å². The van der Waals surface area contributed by atoms with Crippen molar-refractivity contribution < 1.29 is 61.0 Å². The van der Waals surface area contributed by atoms with Crippen molar-refractivity contribution in [2.24, 2.45) is 11.8 Å². The zero-order valence-electron chi connectivity index (χ0n) is 32.0. The molecule has 1 unspecified atom stereocenters. The number of rotatable bonds is 10. The van der Waals surface area contributed by atoms with Crippen molar-refractivity contribution in [2.45, 2.75) is 93.5 Å². The Morgan fingerprint density at radius 1 is 0.552 bits per heavy atom. The molecule has 0 spiro atoms. The normalized spacial score (nSPS) is 30.3. The lowest BCUT2D eigenvalue weighted by molar-refractivity contribution is -0.169. The molecule has 0 heterocycles. The summed E-state index contributed by atoms with van der Waals surface area (Å²) in [5, 5.41) is 112. The van der Waals surface area contributed by atoms with Crippen molar-refractivity contribution in [1.29, 1.82) is 0 Å². The van der Waals surface area contributed by atoms with Crippen LogP contribution in [0.4, 0.5) is 0 Å². The van der Waals surface area contributed by atoms with Crippen LogP contribution in [0.5, 0.6) is 0 Å². The molecule has 4 aromatic rings. The van der Waals surface area contributed by atoms with Gasteiger partial charge in [-0.3, -0.25) is 4.79 Å². The fourth-order valence-corrected chi connectivity index (χ4v) is 8.35. The lowest BCUT2D eigenvalue weighted by atomic mass is 9.70. The molecule has 58 heavy (non-hydrogen) atoms. The van der Waals surface area contributed by atoms with Gasteiger partial charge in [-0.1, -0.05) is 96.0 Å². The first-order valence-electron chi connectivity index (χ1n) is 19.1. The molecular formula is C44H52Cl2O12. The lowest BCUT2D eigenvalue weighted by Crippen LogP contribution is -2.58. The molecule has 11 N–H and O–H groups in total. The maximum Gasteiger partial charge on any atom is 0.159 e. The number of hydrogen-bond acceptors (Lipinski definition) is 12. The Balaban J connectivity index is 0.000000221. The fraction of sp³-hybridized carbons (Fsp3) is 0.432. The number of hydrogen-bond donors (Lipinski definition) is 11. The quantitative estimate of drug-likeness (QED) is 0.103. The summed E-state index contributed by atoms with van der Waals surface area (Å²) in [4.78, 5) is 11.4. The average molecular weight is 844 g/mol. The lowest BCUT2D eigenvalue weighted by Gasteiger charge is -2.43. The molecule has 6 rings (SSSR count). The molecule has 314 valence electrons. The van der Waals surface area contributed by atoms with Crippen molar-refractivity contribution in [3.8, 4) is 0 Å². The van der Waals surface area contributed by atoms with Crippen LogP contribution in [0.2, 0.25) is 10.0 Å². The number of aliphatic hydroxyl groups is 11. The molecule has 2 fully saturated rings. The second-order valence-corrected chi connectivity index (χ2v) is 16.2. The standard InChI is InChI=1S/C22H27ClO6.C22H25ClO6/c2*1-11(25)13-4-2-12(3-5-13)8-15-9-14(6-7-17(15)23)18-19(26)16(10-24)20(27)22(29)21(18)28/h2-7,9,11,16,18-22,24-29H,8,10H2,1H3;2-7,9,16,18-22,24,26-29H,8,10H2,1H3/t11?,16-,18+,19-,20+,21-,22-;16-,18+,19-,20+,21-,22-/m00/s1. The number of aliphatic hydroxyl groups excluding tert-OH is 11. The number of benzene rings is 4. The molecule has 2 aliphatic rings. The van der Waals surface area contributed by atoms with Crippen molar-refractivity contribution in [1.82, 2.24) is 0 Å². The zero-order chi connectivity index (χ0) is 42.6. The van der Waals surface area contributed by atoms with Gasteiger partial charge in [-0.25, -0.2) is 0 Å². The van der Waals surface area contributed by atoms with E-state index in [1.807, 2.05) is 36.4 Å². The minimum atomic E-state index is -1.49. The van der Waals surface area contributed by atoms with Crippen LogP contribution in [0.1, 0.15) is 81.1 Å². The molecular weight excluding hydrogens is 791 g/mol. The third-order valence-electron chi connectivity index (χ3n) is 11.6. The first-order valence-corrected chi connectivity index (χ1v) is 19.8. The summed E-state index contributed by atoms with van der Waals surface area (Å²) in [5.74, 6) is -3.72. The third kappa shape index (κ3) is 9.99. The van der Waals surface area contributed by atoms with Gasteiger partial charge in [0.05, 0.1) is 55.9 Å². The van der Waals surface area contributed by atoms with Crippen LogP contribution < -0.4 is 0 Å². The highest BCUT2D eigenvalue weighted by Gasteiger charge is 2.50. The predicted molar refractivity (Wildman–Crippen MR) is 217 cm³/mol. The van der Waals surface area contributed by atoms with Crippen LogP contribution in [0, 0.1) is 11.8 Å². The number of Topliss-reactive ketones (excluding diaryl/α,β-unsaturated/α-hetero) is 1. The predicted octanol–water partition coefficient (Wildman–Crippen LogP) is 2.42. The average Bonchev–Trinajstić information content (AvgIpc) is 3.20. The van der Waals surface area contributed by atoms with Crippen molar-refractivity contribution in [2.75, 3.05) is 13.2 Å². The van der Waals surface area contributed by atoms with Crippen LogP contribution in [0.3, 0.4) is 0 Å². The maximum absolute atomic E-state index is 11.4. The van der Waals surface area contributed by atoms with Gasteiger partial charge >= 0.3 is 0 Å². The number of ketones is 1. The summed E-state index contributed by atoms with van der Waals surface area (Å²) >= 11 is 12.7. The van der Waals surface area contributed by atoms with Crippen LogP contribution >= 0.6 is 23.2 Å². The van der Waals surface area contributed by atoms with E-state index in [9.17, 15) is 61.0 Å². The van der Waals surface area contributed by atoms with Crippen LogP contribution in [-0.2, 0) is 12.8 Å². The monoisotopic (exact) mass is 842 g/mol. The second-order valence-electron chi connectivity index (χ2n) is 15.4. The summed E-state index contributed by atoms with van der Waals surface area (Å²) in [6, 6.07) is 24.8. The van der Waals surface area contributed by atoms with E-state index >= 15 is 0 Å². The van der Waals surface area contributed by atoms with Crippen LogP contribution in [-0.4, -0.2) is 124 Å². The fourth-order valence-electron chi connectivity index (χ4n) is 7.98. The van der Waals surface area contributed by atoms with Gasteiger partial charge in [0.2, 0.25) is 0 Å². The maximum atomic E-state index is 11.4. The largest absolute Gasteiger partial charge is 0.396 e. The molecule has 0 aromatic heterocycles. The molecule has 0 saturated heterocycles. The van der Waals surface area contributed by atoms with Crippen LogP contribution in [0.15, 0.2) is 84.9 Å². The summed E-state index contributed by atoms with van der Waals surface area (Å²) < 4.78 is 0. The molecule has 4 aromatic carbocycles.